The molecule has 1 aliphatic carbocycles. The maximum Gasteiger partial charge on any atom is 0.130 e. The lowest BCUT2D eigenvalue weighted by molar-refractivity contribution is 0.350. The van der Waals surface area contributed by atoms with E-state index in [-0.39, 0.29) is 0 Å². The lowest BCUT2D eigenvalue weighted by atomic mass is 9.92. The van der Waals surface area contributed by atoms with Crippen molar-refractivity contribution in [1.82, 2.24) is 0 Å². The molecule has 1 heteroatoms. The summed E-state index contributed by atoms with van der Waals surface area (Å²) in [7, 11) is 0. The Balaban J connectivity index is 2.40. The molecule has 0 bridgehead atoms. The van der Waals surface area contributed by atoms with Gasteiger partial charge in [-0.05, 0) is 12.2 Å². The van der Waals surface area contributed by atoms with Gasteiger partial charge in [-0.1, -0.05) is 24.3 Å². The average molecular weight is 158 g/mol. The topological polar surface area (TPSA) is 9.23 Å². The van der Waals surface area contributed by atoms with E-state index in [4.69, 9.17) is 4.74 Å². The van der Waals surface area contributed by atoms with Crippen molar-refractivity contribution >= 4 is 0 Å². The van der Waals surface area contributed by atoms with E-state index in [9.17, 15) is 0 Å². The van der Waals surface area contributed by atoms with Crippen molar-refractivity contribution in [3.63, 3.8) is 0 Å². The van der Waals surface area contributed by atoms with Gasteiger partial charge >= 0.3 is 0 Å². The van der Waals surface area contributed by atoms with Crippen LogP contribution < -0.4 is 0 Å². The predicted octanol–water partition coefficient (Wildman–Crippen LogP) is 2.71. The highest BCUT2D eigenvalue weighted by atomic mass is 16.5. The predicted molar refractivity (Wildman–Crippen MR) is 49.2 cm³/mol. The molecule has 0 aromatic heterocycles. The van der Waals surface area contributed by atoms with Gasteiger partial charge in [0, 0.05) is 11.5 Å². The highest BCUT2D eigenvalue weighted by Gasteiger charge is 2.16. The van der Waals surface area contributed by atoms with E-state index >= 15 is 0 Å². The first kappa shape index (κ1) is 7.17. The fourth-order valence-electron chi connectivity index (χ4n) is 1.39. The minimum absolute atomic E-state index is 0.301. The highest BCUT2D eigenvalue weighted by molar-refractivity contribution is 5.44. The largest absolute Gasteiger partial charge is 0.465 e. The number of allylic oxidation sites excluding steroid dienone is 7. The van der Waals surface area contributed by atoms with Crippen LogP contribution in [0.1, 0.15) is 0 Å². The van der Waals surface area contributed by atoms with E-state index in [0.29, 0.717) is 5.92 Å². The third kappa shape index (κ3) is 1.03. The summed E-state index contributed by atoms with van der Waals surface area (Å²) in [6.07, 6.45) is 13.6. The number of hydrogen-bond donors (Lipinski definition) is 0. The molecule has 0 aromatic rings. The van der Waals surface area contributed by atoms with Crippen molar-refractivity contribution < 1.29 is 4.74 Å². The SMILES string of the molecule is C=CC1C=CC=C2OC=CC=C21. The molecule has 2 rings (SSSR count). The van der Waals surface area contributed by atoms with Crippen LogP contribution in [0.5, 0.6) is 0 Å². The number of ether oxygens (including phenoxy) is 1. The van der Waals surface area contributed by atoms with Gasteiger partial charge in [0.25, 0.3) is 0 Å². The van der Waals surface area contributed by atoms with Crippen LogP contribution >= 0.6 is 0 Å². The Morgan fingerprint density at radius 1 is 1.33 bits per heavy atom. The van der Waals surface area contributed by atoms with Crippen molar-refractivity contribution in [1.29, 1.82) is 0 Å². The fraction of sp³-hybridized carbons (Fsp3) is 0.0909. The van der Waals surface area contributed by atoms with Crippen molar-refractivity contribution in [3.05, 3.63) is 60.6 Å². The Hall–Kier alpha value is -1.50. The summed E-state index contributed by atoms with van der Waals surface area (Å²) in [4.78, 5) is 0. The van der Waals surface area contributed by atoms with Crippen LogP contribution in [-0.2, 0) is 4.74 Å². The summed E-state index contributed by atoms with van der Waals surface area (Å²) in [5.41, 5.74) is 1.19. The molecule has 0 radical (unpaired) electrons. The minimum Gasteiger partial charge on any atom is -0.465 e. The zero-order valence-electron chi connectivity index (χ0n) is 6.73. The Morgan fingerprint density at radius 2 is 2.25 bits per heavy atom. The molecule has 1 atom stereocenters. The third-order valence-electron chi connectivity index (χ3n) is 2.01. The lowest BCUT2D eigenvalue weighted by Crippen LogP contribution is -2.07. The molecule has 1 unspecified atom stereocenters. The second-order valence-electron chi connectivity index (χ2n) is 2.75. The third-order valence-corrected chi connectivity index (χ3v) is 2.01. The minimum atomic E-state index is 0.301. The maximum absolute atomic E-state index is 5.33. The van der Waals surface area contributed by atoms with Crippen LogP contribution in [0.25, 0.3) is 0 Å². The Morgan fingerprint density at radius 3 is 3.08 bits per heavy atom. The molecule has 1 aliphatic heterocycles. The molecule has 1 nitrogen and oxygen atoms in total. The van der Waals surface area contributed by atoms with Crippen molar-refractivity contribution in [2.45, 2.75) is 0 Å². The van der Waals surface area contributed by atoms with E-state index in [1.54, 1.807) is 6.26 Å². The zero-order valence-corrected chi connectivity index (χ0v) is 6.73. The normalized spacial score (nSPS) is 25.2. The smallest absolute Gasteiger partial charge is 0.130 e. The van der Waals surface area contributed by atoms with Crippen LogP contribution in [0.2, 0.25) is 0 Å². The lowest BCUT2D eigenvalue weighted by Gasteiger charge is -2.20. The van der Waals surface area contributed by atoms with Gasteiger partial charge < -0.3 is 4.74 Å². The van der Waals surface area contributed by atoms with Crippen LogP contribution in [0.4, 0.5) is 0 Å². The number of hydrogen-bond acceptors (Lipinski definition) is 1. The van der Waals surface area contributed by atoms with Gasteiger partial charge in [0.05, 0.1) is 6.26 Å². The van der Waals surface area contributed by atoms with Crippen LogP contribution in [0.3, 0.4) is 0 Å². The fourth-order valence-corrected chi connectivity index (χ4v) is 1.39. The Kier molecular flexibility index (Phi) is 1.71. The molecule has 0 aromatic carbocycles. The number of rotatable bonds is 1. The number of fused-ring (bicyclic) bond motifs is 1. The van der Waals surface area contributed by atoms with Gasteiger partial charge in [-0.2, -0.15) is 0 Å². The van der Waals surface area contributed by atoms with Gasteiger partial charge in [-0.25, -0.2) is 0 Å². The van der Waals surface area contributed by atoms with E-state index in [1.807, 2.05) is 24.3 Å². The molecule has 0 N–H and O–H groups in total. The summed E-state index contributed by atoms with van der Waals surface area (Å²) in [5.74, 6) is 1.24. The zero-order chi connectivity index (χ0) is 8.39. The molecule has 12 heavy (non-hydrogen) atoms. The Bertz CT molecular complexity index is 316. The first-order valence-electron chi connectivity index (χ1n) is 3.96. The van der Waals surface area contributed by atoms with Crippen molar-refractivity contribution in [2.24, 2.45) is 5.92 Å². The monoisotopic (exact) mass is 158 g/mol. The molecule has 0 saturated heterocycles. The summed E-state index contributed by atoms with van der Waals surface area (Å²) < 4.78 is 5.33. The van der Waals surface area contributed by atoms with Crippen LogP contribution in [0.15, 0.2) is 60.6 Å². The highest BCUT2D eigenvalue weighted by Crippen LogP contribution is 2.29. The van der Waals surface area contributed by atoms with Gasteiger partial charge in [0.2, 0.25) is 0 Å². The molecular formula is C11H10O. The quantitative estimate of drug-likeness (QED) is 0.533. The van der Waals surface area contributed by atoms with Gasteiger partial charge in [-0.15, -0.1) is 6.58 Å². The average Bonchev–Trinajstić information content (AvgIpc) is 2.17. The van der Waals surface area contributed by atoms with Crippen LogP contribution in [-0.4, -0.2) is 0 Å². The van der Waals surface area contributed by atoms with Gasteiger partial charge in [-0.3, -0.25) is 0 Å². The van der Waals surface area contributed by atoms with E-state index in [1.165, 1.54) is 5.57 Å². The van der Waals surface area contributed by atoms with Crippen molar-refractivity contribution in [2.75, 3.05) is 0 Å². The summed E-state index contributed by atoms with van der Waals surface area (Å²) in [6.45, 7) is 3.78. The standard InChI is InChI=1S/C11H10O/c1-2-9-5-3-7-11-10(9)6-4-8-12-11/h2-9H,1H2. The van der Waals surface area contributed by atoms with E-state index in [2.05, 4.69) is 18.7 Å². The Labute approximate surface area is 72.0 Å². The molecule has 0 fully saturated rings. The molecule has 0 amide bonds. The molecule has 0 spiro atoms. The van der Waals surface area contributed by atoms with Gasteiger partial charge in [0.15, 0.2) is 0 Å². The molecule has 2 aliphatic rings. The van der Waals surface area contributed by atoms with Crippen molar-refractivity contribution in [3.8, 4) is 0 Å². The summed E-state index contributed by atoms with van der Waals surface area (Å²) in [6, 6.07) is 0. The van der Waals surface area contributed by atoms with Crippen LogP contribution in [0, 0.1) is 5.92 Å². The van der Waals surface area contributed by atoms with E-state index < -0.39 is 0 Å². The first-order valence-corrected chi connectivity index (χ1v) is 3.96. The maximum atomic E-state index is 5.33. The first-order chi connectivity index (χ1) is 5.92. The molecule has 1 heterocycles. The van der Waals surface area contributed by atoms with E-state index in [0.717, 1.165) is 5.76 Å². The summed E-state index contributed by atoms with van der Waals surface area (Å²) >= 11 is 0. The summed E-state index contributed by atoms with van der Waals surface area (Å²) in [5, 5.41) is 0. The second kappa shape index (κ2) is 2.86. The molecule has 60 valence electrons. The second-order valence-corrected chi connectivity index (χ2v) is 2.75. The van der Waals surface area contributed by atoms with Gasteiger partial charge in [0.1, 0.15) is 5.76 Å². The molecule has 0 saturated carbocycles. The molecular weight excluding hydrogens is 148 g/mol.